The van der Waals surface area contributed by atoms with Crippen LogP contribution >= 0.6 is 0 Å². The summed E-state index contributed by atoms with van der Waals surface area (Å²) in [6.07, 6.45) is 6.88. The van der Waals surface area contributed by atoms with Crippen LogP contribution in [0.3, 0.4) is 0 Å². The molecule has 6 nitrogen and oxygen atoms in total. The fourth-order valence-electron chi connectivity index (χ4n) is 3.44. The van der Waals surface area contributed by atoms with Crippen molar-refractivity contribution in [2.45, 2.75) is 26.0 Å². The van der Waals surface area contributed by atoms with Crippen LogP contribution in [0.2, 0.25) is 0 Å². The van der Waals surface area contributed by atoms with Crippen molar-refractivity contribution < 1.29 is 4.74 Å². The van der Waals surface area contributed by atoms with Crippen LogP contribution in [0.25, 0.3) is 11.3 Å². The van der Waals surface area contributed by atoms with Crippen LogP contribution in [0.4, 0.5) is 0 Å². The highest BCUT2D eigenvalue weighted by atomic mass is 16.5. The lowest BCUT2D eigenvalue weighted by atomic mass is 9.97. The number of aryl methyl sites for hydroxylation is 1. The van der Waals surface area contributed by atoms with E-state index in [1.54, 1.807) is 0 Å². The molecular weight excluding hydrogens is 314 g/mol. The molecule has 2 aromatic heterocycles. The molecule has 25 heavy (non-hydrogen) atoms. The van der Waals surface area contributed by atoms with Gasteiger partial charge in [0, 0.05) is 42.9 Å². The van der Waals surface area contributed by atoms with E-state index in [2.05, 4.69) is 56.9 Å². The van der Waals surface area contributed by atoms with E-state index in [4.69, 9.17) is 4.74 Å². The van der Waals surface area contributed by atoms with Gasteiger partial charge in [-0.05, 0) is 18.9 Å². The Hall–Kier alpha value is -2.44. The summed E-state index contributed by atoms with van der Waals surface area (Å²) in [6.45, 7) is 4.60. The number of nitrogens with one attached hydrogen (secondary N) is 3. The molecule has 1 aliphatic rings. The molecule has 1 aliphatic heterocycles. The van der Waals surface area contributed by atoms with Crippen LogP contribution in [0, 0.1) is 12.8 Å². The maximum Gasteiger partial charge on any atom is 0.0896 e. The molecule has 130 valence electrons. The van der Waals surface area contributed by atoms with Gasteiger partial charge in [-0.25, -0.2) is 0 Å². The third-order valence-electron chi connectivity index (χ3n) is 4.84. The van der Waals surface area contributed by atoms with E-state index in [1.807, 2.05) is 18.6 Å². The van der Waals surface area contributed by atoms with Gasteiger partial charge in [-0.2, -0.15) is 10.2 Å². The molecule has 0 unspecified atom stereocenters. The summed E-state index contributed by atoms with van der Waals surface area (Å²) >= 11 is 0. The maximum absolute atomic E-state index is 5.88. The third kappa shape index (κ3) is 3.50. The third-order valence-corrected chi connectivity index (χ3v) is 4.84. The van der Waals surface area contributed by atoms with Gasteiger partial charge in [0.05, 0.1) is 24.2 Å². The Morgan fingerprint density at radius 3 is 2.88 bits per heavy atom. The Morgan fingerprint density at radius 1 is 1.20 bits per heavy atom. The first kappa shape index (κ1) is 16.1. The lowest BCUT2D eigenvalue weighted by molar-refractivity contribution is 0.0905. The van der Waals surface area contributed by atoms with Crippen molar-refractivity contribution in [3.05, 3.63) is 59.5 Å². The number of rotatable bonds is 6. The Balaban J connectivity index is 1.38. The second-order valence-electron chi connectivity index (χ2n) is 6.64. The molecule has 2 atom stereocenters. The Labute approximate surface area is 147 Å². The van der Waals surface area contributed by atoms with Crippen LogP contribution in [-0.4, -0.2) is 33.5 Å². The van der Waals surface area contributed by atoms with Gasteiger partial charge in [0.25, 0.3) is 0 Å². The van der Waals surface area contributed by atoms with Gasteiger partial charge in [0.2, 0.25) is 0 Å². The molecule has 0 spiro atoms. The second kappa shape index (κ2) is 7.21. The van der Waals surface area contributed by atoms with Crippen molar-refractivity contribution in [1.29, 1.82) is 0 Å². The number of aromatic amines is 2. The van der Waals surface area contributed by atoms with E-state index in [9.17, 15) is 0 Å². The summed E-state index contributed by atoms with van der Waals surface area (Å²) in [5.74, 6) is 0.465. The predicted molar refractivity (Wildman–Crippen MR) is 95.9 cm³/mol. The van der Waals surface area contributed by atoms with Crippen LogP contribution < -0.4 is 5.32 Å². The van der Waals surface area contributed by atoms with Gasteiger partial charge in [-0.3, -0.25) is 10.2 Å². The van der Waals surface area contributed by atoms with Crippen molar-refractivity contribution in [2.24, 2.45) is 5.92 Å². The summed E-state index contributed by atoms with van der Waals surface area (Å²) in [4.78, 5) is 0. The zero-order valence-corrected chi connectivity index (χ0v) is 14.3. The molecule has 1 saturated heterocycles. The predicted octanol–water partition coefficient (Wildman–Crippen LogP) is 2.98. The van der Waals surface area contributed by atoms with E-state index in [0.29, 0.717) is 5.92 Å². The highest BCUT2D eigenvalue weighted by molar-refractivity contribution is 5.62. The number of aromatic nitrogens is 4. The molecule has 3 aromatic rings. The maximum atomic E-state index is 5.88. The first-order chi connectivity index (χ1) is 12.3. The number of benzene rings is 1. The lowest BCUT2D eigenvalue weighted by Gasteiger charge is -2.17. The Morgan fingerprint density at radius 2 is 2.08 bits per heavy atom. The average molecular weight is 337 g/mol. The second-order valence-corrected chi connectivity index (χ2v) is 6.64. The number of hydrogen-bond acceptors (Lipinski definition) is 4. The largest absolute Gasteiger partial charge is 0.373 e. The van der Waals surface area contributed by atoms with E-state index in [0.717, 1.165) is 37.4 Å². The molecule has 4 rings (SSSR count). The first-order valence-electron chi connectivity index (χ1n) is 8.71. The van der Waals surface area contributed by atoms with Crippen molar-refractivity contribution in [2.75, 3.05) is 13.2 Å². The normalized spacial score (nSPS) is 20.2. The average Bonchev–Trinajstić information content (AvgIpc) is 3.37. The minimum absolute atomic E-state index is 0.132. The minimum Gasteiger partial charge on any atom is -0.373 e. The molecule has 0 aliphatic carbocycles. The molecule has 0 radical (unpaired) electrons. The van der Waals surface area contributed by atoms with Crippen molar-refractivity contribution in [1.82, 2.24) is 25.7 Å². The molecular formula is C19H23N5O. The van der Waals surface area contributed by atoms with Gasteiger partial charge in [-0.15, -0.1) is 0 Å². The smallest absolute Gasteiger partial charge is 0.0896 e. The highest BCUT2D eigenvalue weighted by Crippen LogP contribution is 2.33. The van der Waals surface area contributed by atoms with E-state index < -0.39 is 0 Å². The minimum atomic E-state index is 0.132. The van der Waals surface area contributed by atoms with Crippen molar-refractivity contribution >= 4 is 0 Å². The van der Waals surface area contributed by atoms with Gasteiger partial charge in [0.1, 0.15) is 0 Å². The number of H-pyrrole nitrogens is 2. The molecule has 0 bridgehead atoms. The molecule has 0 amide bonds. The standard InChI is InChI=1S/C19H23N5O/c1-13-2-4-14(5-3-13)18-16(10-23-24-18)9-20-8-15-6-7-25-19(15)17-11-21-22-12-17/h2-5,10-12,15,19-20H,6-9H2,1H3,(H,21,22)(H,23,24)/t15-,19+/m1/s1. The van der Waals surface area contributed by atoms with Crippen LogP contribution in [0.1, 0.15) is 29.2 Å². The topological polar surface area (TPSA) is 78.6 Å². The van der Waals surface area contributed by atoms with Crippen molar-refractivity contribution in [3.8, 4) is 11.3 Å². The molecule has 6 heteroatoms. The van der Waals surface area contributed by atoms with Gasteiger partial charge in [0.15, 0.2) is 0 Å². The first-order valence-corrected chi connectivity index (χ1v) is 8.71. The zero-order valence-electron chi connectivity index (χ0n) is 14.3. The summed E-state index contributed by atoms with van der Waals surface area (Å²) < 4.78 is 5.88. The van der Waals surface area contributed by atoms with Crippen molar-refractivity contribution in [3.63, 3.8) is 0 Å². The van der Waals surface area contributed by atoms with Crippen LogP contribution in [0.5, 0.6) is 0 Å². The summed E-state index contributed by atoms with van der Waals surface area (Å²) in [5.41, 5.74) is 5.83. The SMILES string of the molecule is Cc1ccc(-c2[nH]ncc2CNC[C@H]2CCO[C@@H]2c2cn[nH]c2)cc1. The highest BCUT2D eigenvalue weighted by Gasteiger charge is 2.29. The van der Waals surface area contributed by atoms with Gasteiger partial charge in [-0.1, -0.05) is 29.8 Å². The fourth-order valence-corrected chi connectivity index (χ4v) is 3.44. The summed E-state index contributed by atoms with van der Waals surface area (Å²) in [6, 6.07) is 8.51. The molecule has 1 fully saturated rings. The van der Waals surface area contributed by atoms with Crippen LogP contribution in [-0.2, 0) is 11.3 Å². The van der Waals surface area contributed by atoms with Crippen LogP contribution in [0.15, 0.2) is 42.9 Å². The fraction of sp³-hybridized carbons (Fsp3) is 0.368. The number of nitrogens with zero attached hydrogens (tertiary/aromatic N) is 2. The van der Waals surface area contributed by atoms with E-state index >= 15 is 0 Å². The Kier molecular flexibility index (Phi) is 4.63. The summed E-state index contributed by atoms with van der Waals surface area (Å²) in [5, 5.41) is 17.8. The Bertz CT molecular complexity index is 794. The number of ether oxygens (including phenoxy) is 1. The molecule has 3 heterocycles. The van der Waals surface area contributed by atoms with Gasteiger partial charge >= 0.3 is 0 Å². The van der Waals surface area contributed by atoms with Gasteiger partial charge < -0.3 is 10.1 Å². The molecule has 1 aromatic carbocycles. The lowest BCUT2D eigenvalue weighted by Crippen LogP contribution is -2.24. The zero-order chi connectivity index (χ0) is 17.1. The quantitative estimate of drug-likeness (QED) is 0.646. The molecule has 3 N–H and O–H groups in total. The monoisotopic (exact) mass is 337 g/mol. The molecule has 0 saturated carbocycles. The summed E-state index contributed by atoms with van der Waals surface area (Å²) in [7, 11) is 0. The van der Waals surface area contributed by atoms with E-state index in [-0.39, 0.29) is 6.10 Å². The van der Waals surface area contributed by atoms with E-state index in [1.165, 1.54) is 16.7 Å². The number of hydrogen-bond donors (Lipinski definition) is 3.